The first-order valence-electron chi connectivity index (χ1n) is 9.79. The molecule has 0 amide bonds. The number of nitrogens with one attached hydrogen (secondary N) is 2. The minimum Gasteiger partial charge on any atom is -0.385 e. The van der Waals surface area contributed by atoms with Gasteiger partial charge in [0, 0.05) is 58.2 Å². The second-order valence-corrected chi connectivity index (χ2v) is 6.90. The minimum absolute atomic E-state index is 0. The SMILES string of the molecule is CN=C(NCCN(C)CCCOC)NCc1c(C)nn(-c2ccccc2)c1C.I. The average molecular weight is 514 g/mol. The van der Waals surface area contributed by atoms with Gasteiger partial charge in [0.2, 0.25) is 0 Å². The first-order valence-corrected chi connectivity index (χ1v) is 9.79. The van der Waals surface area contributed by atoms with Crippen molar-refractivity contribution in [1.82, 2.24) is 25.3 Å². The predicted octanol–water partition coefficient (Wildman–Crippen LogP) is 2.74. The van der Waals surface area contributed by atoms with Gasteiger partial charge in [0.1, 0.15) is 0 Å². The zero-order valence-corrected chi connectivity index (χ0v) is 20.6. The summed E-state index contributed by atoms with van der Waals surface area (Å²) in [5.41, 5.74) is 4.45. The van der Waals surface area contributed by atoms with Crippen LogP contribution in [0.2, 0.25) is 0 Å². The predicted molar refractivity (Wildman–Crippen MR) is 131 cm³/mol. The van der Waals surface area contributed by atoms with Crippen molar-refractivity contribution in [3.05, 3.63) is 47.3 Å². The Hall–Kier alpha value is -1.65. The molecule has 0 saturated heterocycles. The highest BCUT2D eigenvalue weighted by Crippen LogP contribution is 2.17. The summed E-state index contributed by atoms with van der Waals surface area (Å²) in [4.78, 5) is 6.62. The summed E-state index contributed by atoms with van der Waals surface area (Å²) in [6.45, 7) is 8.46. The van der Waals surface area contributed by atoms with Gasteiger partial charge >= 0.3 is 0 Å². The Kier molecular flexibility index (Phi) is 11.9. The maximum Gasteiger partial charge on any atom is 0.191 e. The van der Waals surface area contributed by atoms with E-state index in [4.69, 9.17) is 9.84 Å². The lowest BCUT2D eigenvalue weighted by Gasteiger charge is -2.18. The van der Waals surface area contributed by atoms with E-state index >= 15 is 0 Å². The fourth-order valence-electron chi connectivity index (χ4n) is 3.10. The van der Waals surface area contributed by atoms with Crippen molar-refractivity contribution >= 4 is 29.9 Å². The van der Waals surface area contributed by atoms with Crippen LogP contribution >= 0.6 is 24.0 Å². The normalized spacial score (nSPS) is 11.4. The molecule has 0 aliphatic carbocycles. The third-order valence-electron chi connectivity index (χ3n) is 4.77. The Labute approximate surface area is 191 Å². The van der Waals surface area contributed by atoms with Crippen LogP contribution in [-0.2, 0) is 11.3 Å². The standard InChI is InChI=1S/C21H34N6O.HI/c1-17-20(18(2)27(25-17)19-10-7-6-8-11-19)16-24-21(22-3)23-12-14-26(4)13-9-15-28-5;/h6-8,10-11H,9,12-16H2,1-5H3,(H2,22,23,24);1H. The molecule has 0 radical (unpaired) electrons. The van der Waals surface area contributed by atoms with Gasteiger partial charge in [-0.05, 0) is 39.4 Å². The van der Waals surface area contributed by atoms with E-state index in [0.717, 1.165) is 55.7 Å². The Balaban J connectivity index is 0.00000420. The molecule has 2 aromatic rings. The number of benzene rings is 1. The number of aryl methyl sites for hydroxylation is 1. The lowest BCUT2D eigenvalue weighted by Crippen LogP contribution is -2.40. The number of methoxy groups -OCH3 is 1. The van der Waals surface area contributed by atoms with Crippen molar-refractivity contribution in [3.63, 3.8) is 0 Å². The van der Waals surface area contributed by atoms with E-state index in [9.17, 15) is 0 Å². The molecular weight excluding hydrogens is 479 g/mol. The highest BCUT2D eigenvalue weighted by molar-refractivity contribution is 14.0. The monoisotopic (exact) mass is 514 g/mol. The van der Waals surface area contributed by atoms with E-state index in [0.29, 0.717) is 6.54 Å². The van der Waals surface area contributed by atoms with Crippen LogP contribution in [0.5, 0.6) is 0 Å². The molecule has 0 unspecified atom stereocenters. The Morgan fingerprint density at radius 1 is 1.17 bits per heavy atom. The van der Waals surface area contributed by atoms with Crippen LogP contribution in [0.15, 0.2) is 35.3 Å². The van der Waals surface area contributed by atoms with Crippen LogP contribution in [-0.4, -0.2) is 68.1 Å². The first kappa shape index (κ1) is 25.4. The lowest BCUT2D eigenvalue weighted by atomic mass is 10.2. The number of likely N-dealkylation sites (N-methyl/N-ethyl adjacent to an activating group) is 1. The van der Waals surface area contributed by atoms with Gasteiger partial charge in [-0.3, -0.25) is 4.99 Å². The molecule has 1 aromatic heterocycles. The Morgan fingerprint density at radius 3 is 2.55 bits per heavy atom. The Bertz CT molecular complexity index is 747. The lowest BCUT2D eigenvalue weighted by molar-refractivity contribution is 0.180. The molecule has 1 aromatic carbocycles. The van der Waals surface area contributed by atoms with Crippen LogP contribution in [0.1, 0.15) is 23.4 Å². The summed E-state index contributed by atoms with van der Waals surface area (Å²) in [6, 6.07) is 10.2. The largest absolute Gasteiger partial charge is 0.385 e. The van der Waals surface area contributed by atoms with Gasteiger partial charge in [0.15, 0.2) is 5.96 Å². The average Bonchev–Trinajstić information content (AvgIpc) is 2.99. The molecule has 0 bridgehead atoms. The number of hydrogen-bond acceptors (Lipinski definition) is 4. The number of nitrogens with zero attached hydrogens (tertiary/aromatic N) is 4. The van der Waals surface area contributed by atoms with E-state index < -0.39 is 0 Å². The van der Waals surface area contributed by atoms with E-state index in [-0.39, 0.29) is 24.0 Å². The maximum absolute atomic E-state index is 5.10. The highest BCUT2D eigenvalue weighted by Gasteiger charge is 2.13. The quantitative estimate of drug-likeness (QED) is 0.221. The fourth-order valence-corrected chi connectivity index (χ4v) is 3.10. The molecule has 0 saturated carbocycles. The zero-order valence-electron chi connectivity index (χ0n) is 18.2. The van der Waals surface area contributed by atoms with Crippen molar-refractivity contribution < 1.29 is 4.74 Å². The molecular formula is C21H35IN6O. The molecule has 0 fully saturated rings. The second-order valence-electron chi connectivity index (χ2n) is 6.90. The summed E-state index contributed by atoms with van der Waals surface area (Å²) in [5.74, 6) is 0.802. The third-order valence-corrected chi connectivity index (χ3v) is 4.77. The van der Waals surface area contributed by atoms with Crippen LogP contribution in [0, 0.1) is 13.8 Å². The van der Waals surface area contributed by atoms with Crippen molar-refractivity contribution in [2.24, 2.45) is 4.99 Å². The minimum atomic E-state index is 0. The third kappa shape index (κ3) is 7.94. The first-order chi connectivity index (χ1) is 13.6. The van der Waals surface area contributed by atoms with E-state index in [2.05, 4.69) is 53.6 Å². The van der Waals surface area contributed by atoms with E-state index in [1.807, 2.05) is 22.9 Å². The van der Waals surface area contributed by atoms with Gasteiger partial charge in [0.05, 0.1) is 11.4 Å². The molecule has 7 nitrogen and oxygen atoms in total. The zero-order chi connectivity index (χ0) is 20.4. The molecule has 0 aliphatic heterocycles. The number of halogens is 1. The number of para-hydroxylation sites is 1. The summed E-state index contributed by atoms with van der Waals surface area (Å²) in [5, 5.41) is 11.5. The van der Waals surface area contributed by atoms with Gasteiger partial charge in [-0.2, -0.15) is 5.10 Å². The Morgan fingerprint density at radius 2 is 1.90 bits per heavy atom. The molecule has 0 spiro atoms. The number of ether oxygens (including phenoxy) is 1. The molecule has 2 N–H and O–H groups in total. The molecule has 8 heteroatoms. The summed E-state index contributed by atoms with van der Waals surface area (Å²) < 4.78 is 7.09. The van der Waals surface area contributed by atoms with Gasteiger partial charge < -0.3 is 20.3 Å². The topological polar surface area (TPSA) is 66.7 Å². The number of aliphatic imine (C=N–C) groups is 1. The molecule has 2 rings (SSSR count). The summed E-state index contributed by atoms with van der Waals surface area (Å²) >= 11 is 0. The van der Waals surface area contributed by atoms with Crippen molar-refractivity contribution in [1.29, 1.82) is 0 Å². The van der Waals surface area contributed by atoms with Crippen LogP contribution in [0.25, 0.3) is 5.69 Å². The molecule has 1 heterocycles. The second kappa shape index (κ2) is 13.6. The maximum atomic E-state index is 5.10. The van der Waals surface area contributed by atoms with Crippen LogP contribution in [0.4, 0.5) is 0 Å². The number of hydrogen-bond donors (Lipinski definition) is 2. The van der Waals surface area contributed by atoms with Crippen molar-refractivity contribution in [2.45, 2.75) is 26.8 Å². The smallest absolute Gasteiger partial charge is 0.191 e. The molecule has 162 valence electrons. The molecule has 29 heavy (non-hydrogen) atoms. The number of rotatable bonds is 10. The molecule has 0 aliphatic rings. The van der Waals surface area contributed by atoms with E-state index in [1.165, 1.54) is 5.56 Å². The van der Waals surface area contributed by atoms with Crippen molar-refractivity contribution in [3.8, 4) is 5.69 Å². The van der Waals surface area contributed by atoms with Crippen LogP contribution < -0.4 is 10.6 Å². The molecule has 0 atom stereocenters. The van der Waals surface area contributed by atoms with Gasteiger partial charge in [-0.15, -0.1) is 24.0 Å². The van der Waals surface area contributed by atoms with E-state index in [1.54, 1.807) is 14.2 Å². The fraction of sp³-hybridized carbons (Fsp3) is 0.524. The summed E-state index contributed by atoms with van der Waals surface area (Å²) in [6.07, 6.45) is 1.05. The highest BCUT2D eigenvalue weighted by atomic mass is 127. The van der Waals surface area contributed by atoms with Gasteiger partial charge in [-0.1, -0.05) is 18.2 Å². The van der Waals surface area contributed by atoms with Crippen LogP contribution in [0.3, 0.4) is 0 Å². The summed E-state index contributed by atoms with van der Waals surface area (Å²) in [7, 11) is 5.66. The number of aromatic nitrogens is 2. The van der Waals surface area contributed by atoms with Crippen molar-refractivity contribution in [2.75, 3.05) is 47.4 Å². The van der Waals surface area contributed by atoms with Gasteiger partial charge in [-0.25, -0.2) is 4.68 Å². The number of guanidine groups is 1. The van der Waals surface area contributed by atoms with Gasteiger partial charge in [0.25, 0.3) is 0 Å².